The second-order valence-electron chi connectivity index (χ2n) is 5.88. The lowest BCUT2D eigenvalue weighted by Gasteiger charge is -2.25. The topological polar surface area (TPSA) is 66.0 Å². The lowest BCUT2D eigenvalue weighted by atomic mass is 10.1. The zero-order chi connectivity index (χ0) is 14.0. The summed E-state index contributed by atoms with van der Waals surface area (Å²) in [6.07, 6.45) is 3.67. The van der Waals surface area contributed by atoms with E-state index >= 15 is 0 Å². The zero-order valence-corrected chi connectivity index (χ0v) is 12.1. The number of aromatic nitrogens is 1. The van der Waals surface area contributed by atoms with E-state index in [1.807, 2.05) is 19.1 Å². The molecule has 0 aromatic carbocycles. The van der Waals surface area contributed by atoms with E-state index in [0.717, 1.165) is 23.6 Å². The lowest BCUT2D eigenvalue weighted by Crippen LogP contribution is -2.29. The van der Waals surface area contributed by atoms with E-state index < -0.39 is 0 Å². The van der Waals surface area contributed by atoms with Crippen LogP contribution in [-0.2, 0) is 0 Å². The third-order valence-corrected chi connectivity index (χ3v) is 3.48. The summed E-state index contributed by atoms with van der Waals surface area (Å²) in [7, 11) is 0. The standard InChI is InChI=1S/C15H24N4/c1-10(2)6-7-19(13-4-5-13)14-9-12(15(16)17)8-11(3)18-14/h8-10,13H,4-7H2,1-3H3,(H3,16,17). The number of pyridine rings is 1. The molecule has 1 heterocycles. The van der Waals surface area contributed by atoms with Crippen LogP contribution in [0.1, 0.15) is 44.4 Å². The summed E-state index contributed by atoms with van der Waals surface area (Å²) in [5.74, 6) is 1.79. The Balaban J connectivity index is 2.23. The van der Waals surface area contributed by atoms with Crippen LogP contribution in [0.25, 0.3) is 0 Å². The third-order valence-electron chi connectivity index (χ3n) is 3.48. The largest absolute Gasteiger partial charge is 0.384 e. The summed E-state index contributed by atoms with van der Waals surface area (Å²) in [4.78, 5) is 7.02. The number of nitrogens with two attached hydrogens (primary N) is 1. The number of aryl methyl sites for hydroxylation is 1. The second kappa shape index (κ2) is 5.59. The molecule has 1 aromatic heterocycles. The molecule has 0 unspecified atom stereocenters. The summed E-state index contributed by atoms with van der Waals surface area (Å²) in [6.45, 7) is 7.49. The molecule has 2 rings (SSSR count). The van der Waals surface area contributed by atoms with Gasteiger partial charge in [-0.15, -0.1) is 0 Å². The molecule has 0 amide bonds. The van der Waals surface area contributed by atoms with Gasteiger partial charge in [0.1, 0.15) is 11.7 Å². The first-order valence-electron chi connectivity index (χ1n) is 7.07. The summed E-state index contributed by atoms with van der Waals surface area (Å²) in [6, 6.07) is 4.46. The minimum absolute atomic E-state index is 0.117. The Hall–Kier alpha value is -1.58. The first kappa shape index (κ1) is 13.8. The lowest BCUT2D eigenvalue weighted by molar-refractivity contribution is 0.568. The SMILES string of the molecule is Cc1cc(C(=N)N)cc(N(CCC(C)C)C2CC2)n1. The van der Waals surface area contributed by atoms with E-state index in [1.165, 1.54) is 19.3 Å². The maximum absolute atomic E-state index is 7.59. The van der Waals surface area contributed by atoms with Crippen molar-refractivity contribution >= 4 is 11.7 Å². The molecule has 0 bridgehead atoms. The van der Waals surface area contributed by atoms with Crippen molar-refractivity contribution in [1.29, 1.82) is 5.41 Å². The highest BCUT2D eigenvalue weighted by molar-refractivity contribution is 5.95. The van der Waals surface area contributed by atoms with Gasteiger partial charge in [-0.2, -0.15) is 0 Å². The second-order valence-corrected chi connectivity index (χ2v) is 5.88. The molecule has 1 aromatic rings. The van der Waals surface area contributed by atoms with Crippen LogP contribution < -0.4 is 10.6 Å². The molecule has 1 aliphatic rings. The Morgan fingerprint density at radius 2 is 2.16 bits per heavy atom. The smallest absolute Gasteiger partial charge is 0.129 e. The maximum Gasteiger partial charge on any atom is 0.129 e. The van der Waals surface area contributed by atoms with Crippen molar-refractivity contribution in [3.63, 3.8) is 0 Å². The first-order chi connectivity index (χ1) is 8.97. The molecule has 1 fully saturated rings. The molecule has 0 saturated heterocycles. The fourth-order valence-corrected chi connectivity index (χ4v) is 2.22. The van der Waals surface area contributed by atoms with Crippen LogP contribution in [0.3, 0.4) is 0 Å². The number of hydrogen-bond acceptors (Lipinski definition) is 3. The van der Waals surface area contributed by atoms with E-state index in [1.54, 1.807) is 0 Å². The molecule has 4 heteroatoms. The van der Waals surface area contributed by atoms with Crippen molar-refractivity contribution in [1.82, 2.24) is 4.98 Å². The number of rotatable bonds is 6. The Kier molecular flexibility index (Phi) is 4.08. The van der Waals surface area contributed by atoms with Gasteiger partial charge >= 0.3 is 0 Å². The summed E-state index contributed by atoms with van der Waals surface area (Å²) < 4.78 is 0. The van der Waals surface area contributed by atoms with Gasteiger partial charge in [0.25, 0.3) is 0 Å². The number of hydrogen-bond donors (Lipinski definition) is 2. The molecule has 4 nitrogen and oxygen atoms in total. The van der Waals surface area contributed by atoms with Crippen LogP contribution >= 0.6 is 0 Å². The Bertz CT molecular complexity index is 463. The summed E-state index contributed by atoms with van der Waals surface area (Å²) in [5.41, 5.74) is 7.31. The van der Waals surface area contributed by atoms with E-state index in [0.29, 0.717) is 12.0 Å². The van der Waals surface area contributed by atoms with Gasteiger partial charge in [0, 0.05) is 23.8 Å². The maximum atomic E-state index is 7.59. The highest BCUT2D eigenvalue weighted by atomic mass is 15.2. The van der Waals surface area contributed by atoms with Gasteiger partial charge in [-0.05, 0) is 44.2 Å². The Morgan fingerprint density at radius 3 is 2.68 bits per heavy atom. The zero-order valence-electron chi connectivity index (χ0n) is 12.1. The number of nitrogen functional groups attached to an aromatic ring is 1. The summed E-state index contributed by atoms with van der Waals surface area (Å²) >= 11 is 0. The molecular weight excluding hydrogens is 236 g/mol. The minimum Gasteiger partial charge on any atom is -0.384 e. The number of amidine groups is 1. The molecule has 1 aliphatic carbocycles. The molecular formula is C15H24N4. The van der Waals surface area contributed by atoms with Gasteiger partial charge in [-0.3, -0.25) is 5.41 Å². The van der Waals surface area contributed by atoms with Crippen molar-refractivity contribution in [3.05, 3.63) is 23.4 Å². The molecule has 0 atom stereocenters. The van der Waals surface area contributed by atoms with Crippen LogP contribution in [0, 0.1) is 18.3 Å². The minimum atomic E-state index is 0.117. The van der Waals surface area contributed by atoms with E-state index in [2.05, 4.69) is 23.7 Å². The monoisotopic (exact) mass is 260 g/mol. The molecule has 0 radical (unpaired) electrons. The predicted octanol–water partition coefficient (Wildman–Crippen LogP) is 2.69. The first-order valence-corrected chi connectivity index (χ1v) is 7.07. The van der Waals surface area contributed by atoms with Crippen LogP contribution in [0.5, 0.6) is 0 Å². The fraction of sp³-hybridized carbons (Fsp3) is 0.600. The van der Waals surface area contributed by atoms with Crippen molar-refractivity contribution in [3.8, 4) is 0 Å². The average Bonchev–Trinajstić information content (AvgIpc) is 3.12. The van der Waals surface area contributed by atoms with Crippen LogP contribution in [0.2, 0.25) is 0 Å². The van der Waals surface area contributed by atoms with Gasteiger partial charge in [-0.1, -0.05) is 13.8 Å². The van der Waals surface area contributed by atoms with Gasteiger partial charge in [-0.25, -0.2) is 4.98 Å². The van der Waals surface area contributed by atoms with E-state index in [4.69, 9.17) is 11.1 Å². The predicted molar refractivity (Wildman–Crippen MR) is 79.8 cm³/mol. The molecule has 0 spiro atoms. The highest BCUT2D eigenvalue weighted by Crippen LogP contribution is 2.31. The highest BCUT2D eigenvalue weighted by Gasteiger charge is 2.30. The van der Waals surface area contributed by atoms with Crippen molar-refractivity contribution in [2.24, 2.45) is 11.7 Å². The van der Waals surface area contributed by atoms with E-state index in [-0.39, 0.29) is 5.84 Å². The third kappa shape index (κ3) is 3.69. The molecule has 0 aliphatic heterocycles. The van der Waals surface area contributed by atoms with Crippen LogP contribution in [0.4, 0.5) is 5.82 Å². The van der Waals surface area contributed by atoms with Crippen molar-refractivity contribution in [2.75, 3.05) is 11.4 Å². The molecule has 3 N–H and O–H groups in total. The van der Waals surface area contributed by atoms with Crippen molar-refractivity contribution < 1.29 is 0 Å². The molecule has 1 saturated carbocycles. The molecule has 19 heavy (non-hydrogen) atoms. The number of nitrogens with one attached hydrogen (secondary N) is 1. The Morgan fingerprint density at radius 1 is 1.47 bits per heavy atom. The van der Waals surface area contributed by atoms with Crippen molar-refractivity contribution in [2.45, 2.75) is 46.1 Å². The summed E-state index contributed by atoms with van der Waals surface area (Å²) in [5, 5.41) is 7.59. The number of nitrogens with zero attached hydrogens (tertiary/aromatic N) is 2. The fourth-order valence-electron chi connectivity index (χ4n) is 2.22. The molecule has 104 valence electrons. The van der Waals surface area contributed by atoms with Gasteiger partial charge in [0.05, 0.1) is 0 Å². The Labute approximate surface area is 115 Å². The average molecular weight is 260 g/mol. The van der Waals surface area contributed by atoms with Crippen LogP contribution in [0.15, 0.2) is 12.1 Å². The normalized spacial score (nSPS) is 14.7. The number of anilines is 1. The van der Waals surface area contributed by atoms with Gasteiger partial charge in [0.2, 0.25) is 0 Å². The van der Waals surface area contributed by atoms with Gasteiger partial charge in [0.15, 0.2) is 0 Å². The van der Waals surface area contributed by atoms with Crippen LogP contribution in [-0.4, -0.2) is 23.4 Å². The van der Waals surface area contributed by atoms with Gasteiger partial charge < -0.3 is 10.6 Å². The van der Waals surface area contributed by atoms with E-state index in [9.17, 15) is 0 Å². The quantitative estimate of drug-likeness (QED) is 0.610.